The molecule has 1 aliphatic carbocycles. The van der Waals surface area contributed by atoms with Gasteiger partial charge in [-0.1, -0.05) is 13.3 Å². The molecule has 5 heteroatoms. The Balaban J connectivity index is 2.00. The van der Waals surface area contributed by atoms with Crippen LogP contribution in [0.2, 0.25) is 0 Å². The number of hydrogen-bond donors (Lipinski definition) is 2. The summed E-state index contributed by atoms with van der Waals surface area (Å²) in [5.41, 5.74) is 0.301. The van der Waals surface area contributed by atoms with E-state index in [1.165, 1.54) is 25.5 Å². The standard InChI is InChI=1S/C12H19FN4/c1-3-14-11-15-7-9(13)10(17-11)16-8-12(2)5-4-6-12/h7H,3-6,8H2,1-2H3,(H2,14,15,16,17). The molecule has 1 aromatic heterocycles. The van der Waals surface area contributed by atoms with E-state index in [2.05, 4.69) is 27.5 Å². The Morgan fingerprint density at radius 3 is 2.76 bits per heavy atom. The lowest BCUT2D eigenvalue weighted by molar-refractivity contribution is 0.179. The fourth-order valence-electron chi connectivity index (χ4n) is 1.99. The van der Waals surface area contributed by atoms with Crippen molar-refractivity contribution < 1.29 is 4.39 Å². The third kappa shape index (κ3) is 2.84. The summed E-state index contributed by atoms with van der Waals surface area (Å²) < 4.78 is 13.5. The van der Waals surface area contributed by atoms with E-state index < -0.39 is 5.82 Å². The second-order valence-electron chi connectivity index (χ2n) is 4.94. The Kier molecular flexibility index (Phi) is 3.45. The molecule has 1 saturated carbocycles. The molecule has 94 valence electrons. The zero-order chi connectivity index (χ0) is 12.3. The van der Waals surface area contributed by atoms with E-state index >= 15 is 0 Å². The van der Waals surface area contributed by atoms with Gasteiger partial charge < -0.3 is 10.6 Å². The van der Waals surface area contributed by atoms with Crippen LogP contribution in [0.3, 0.4) is 0 Å². The predicted octanol–water partition coefficient (Wildman–Crippen LogP) is 2.65. The highest BCUT2D eigenvalue weighted by Crippen LogP contribution is 2.40. The van der Waals surface area contributed by atoms with Crippen LogP contribution in [0, 0.1) is 11.2 Å². The second-order valence-corrected chi connectivity index (χ2v) is 4.94. The molecule has 0 spiro atoms. The molecule has 2 rings (SSSR count). The molecule has 2 N–H and O–H groups in total. The zero-order valence-electron chi connectivity index (χ0n) is 10.4. The topological polar surface area (TPSA) is 49.8 Å². The van der Waals surface area contributed by atoms with Gasteiger partial charge in [-0.3, -0.25) is 0 Å². The fraction of sp³-hybridized carbons (Fsp3) is 0.667. The van der Waals surface area contributed by atoms with Crippen molar-refractivity contribution in [2.45, 2.75) is 33.1 Å². The summed E-state index contributed by atoms with van der Waals surface area (Å²) in [7, 11) is 0. The smallest absolute Gasteiger partial charge is 0.224 e. The minimum absolute atomic E-state index is 0.295. The van der Waals surface area contributed by atoms with Crippen LogP contribution >= 0.6 is 0 Å². The first kappa shape index (κ1) is 12.1. The molecule has 0 unspecified atom stereocenters. The van der Waals surface area contributed by atoms with Crippen LogP contribution in [0.15, 0.2) is 6.20 Å². The Morgan fingerprint density at radius 1 is 1.41 bits per heavy atom. The third-order valence-electron chi connectivity index (χ3n) is 3.32. The third-order valence-corrected chi connectivity index (χ3v) is 3.32. The van der Waals surface area contributed by atoms with Gasteiger partial charge in [-0.2, -0.15) is 4.98 Å². The number of anilines is 2. The van der Waals surface area contributed by atoms with Gasteiger partial charge in [0.2, 0.25) is 5.95 Å². The number of nitrogens with zero attached hydrogens (tertiary/aromatic N) is 2. The van der Waals surface area contributed by atoms with E-state index in [1.807, 2.05) is 6.92 Å². The molecule has 1 fully saturated rings. The van der Waals surface area contributed by atoms with Crippen molar-refractivity contribution in [3.63, 3.8) is 0 Å². The molecule has 0 amide bonds. The van der Waals surface area contributed by atoms with Gasteiger partial charge in [0.25, 0.3) is 0 Å². The van der Waals surface area contributed by atoms with E-state index in [0.717, 1.165) is 13.1 Å². The van der Waals surface area contributed by atoms with Crippen LogP contribution in [0.4, 0.5) is 16.2 Å². The Morgan fingerprint density at radius 2 is 2.18 bits per heavy atom. The van der Waals surface area contributed by atoms with Crippen LogP contribution in [0.1, 0.15) is 33.1 Å². The molecule has 0 radical (unpaired) electrons. The summed E-state index contributed by atoms with van der Waals surface area (Å²) in [6.07, 6.45) is 4.88. The first-order valence-corrected chi connectivity index (χ1v) is 6.13. The van der Waals surface area contributed by atoms with Gasteiger partial charge in [0.1, 0.15) is 0 Å². The minimum atomic E-state index is -0.394. The number of aromatic nitrogens is 2. The number of nitrogens with one attached hydrogen (secondary N) is 2. The lowest BCUT2D eigenvalue weighted by Crippen LogP contribution is -2.33. The van der Waals surface area contributed by atoms with E-state index in [9.17, 15) is 4.39 Å². The highest BCUT2D eigenvalue weighted by molar-refractivity contribution is 5.41. The van der Waals surface area contributed by atoms with Gasteiger partial charge in [-0.15, -0.1) is 0 Å². The molecular weight excluding hydrogens is 219 g/mol. The SMILES string of the molecule is CCNc1ncc(F)c(NCC2(C)CCC2)n1. The molecule has 4 nitrogen and oxygen atoms in total. The highest BCUT2D eigenvalue weighted by Gasteiger charge is 2.31. The molecule has 0 aromatic carbocycles. The summed E-state index contributed by atoms with van der Waals surface area (Å²) >= 11 is 0. The minimum Gasteiger partial charge on any atom is -0.367 e. The number of halogens is 1. The molecule has 1 aliphatic rings. The average molecular weight is 238 g/mol. The first-order valence-electron chi connectivity index (χ1n) is 6.13. The lowest BCUT2D eigenvalue weighted by Gasteiger charge is -2.38. The summed E-state index contributed by atoms with van der Waals surface area (Å²) in [5.74, 6) is 0.369. The molecule has 0 aliphatic heterocycles. The predicted molar refractivity (Wildman–Crippen MR) is 66.6 cm³/mol. The molecule has 0 atom stereocenters. The number of rotatable bonds is 5. The largest absolute Gasteiger partial charge is 0.367 e. The van der Waals surface area contributed by atoms with Crippen molar-refractivity contribution in [1.82, 2.24) is 9.97 Å². The van der Waals surface area contributed by atoms with Crippen molar-refractivity contribution in [3.05, 3.63) is 12.0 Å². The number of hydrogen-bond acceptors (Lipinski definition) is 4. The summed E-state index contributed by atoms with van der Waals surface area (Å²) in [5, 5.41) is 6.06. The van der Waals surface area contributed by atoms with Crippen LogP contribution < -0.4 is 10.6 Å². The van der Waals surface area contributed by atoms with Gasteiger partial charge in [-0.05, 0) is 25.2 Å². The van der Waals surface area contributed by atoms with Gasteiger partial charge in [0, 0.05) is 13.1 Å². The van der Waals surface area contributed by atoms with Crippen LogP contribution in [-0.2, 0) is 0 Å². The average Bonchev–Trinajstić information content (AvgIpc) is 2.28. The van der Waals surface area contributed by atoms with Crippen molar-refractivity contribution in [2.24, 2.45) is 5.41 Å². The maximum absolute atomic E-state index is 13.5. The van der Waals surface area contributed by atoms with Gasteiger partial charge in [0.15, 0.2) is 11.6 Å². The molecule has 1 aromatic rings. The maximum Gasteiger partial charge on any atom is 0.224 e. The van der Waals surface area contributed by atoms with E-state index in [4.69, 9.17) is 0 Å². The fourth-order valence-corrected chi connectivity index (χ4v) is 1.99. The zero-order valence-corrected chi connectivity index (χ0v) is 10.4. The van der Waals surface area contributed by atoms with Gasteiger partial charge in [-0.25, -0.2) is 9.37 Å². The van der Waals surface area contributed by atoms with Crippen molar-refractivity contribution in [2.75, 3.05) is 23.7 Å². The molecule has 0 bridgehead atoms. The first-order chi connectivity index (χ1) is 8.13. The Labute approximate surface area is 101 Å². The van der Waals surface area contributed by atoms with Crippen LogP contribution in [0.5, 0.6) is 0 Å². The van der Waals surface area contributed by atoms with E-state index in [1.54, 1.807) is 0 Å². The molecule has 0 saturated heterocycles. The van der Waals surface area contributed by atoms with Crippen molar-refractivity contribution >= 4 is 11.8 Å². The summed E-state index contributed by atoms with van der Waals surface area (Å²) in [4.78, 5) is 7.99. The Hall–Kier alpha value is -1.39. The van der Waals surface area contributed by atoms with Crippen molar-refractivity contribution in [3.8, 4) is 0 Å². The van der Waals surface area contributed by atoms with Crippen LogP contribution in [-0.4, -0.2) is 23.1 Å². The summed E-state index contributed by atoms with van der Waals surface area (Å²) in [6.45, 7) is 5.66. The molecule has 17 heavy (non-hydrogen) atoms. The van der Waals surface area contributed by atoms with Gasteiger partial charge >= 0.3 is 0 Å². The van der Waals surface area contributed by atoms with Gasteiger partial charge in [0.05, 0.1) is 6.20 Å². The Bertz CT molecular complexity index is 390. The lowest BCUT2D eigenvalue weighted by atomic mass is 9.70. The monoisotopic (exact) mass is 238 g/mol. The second kappa shape index (κ2) is 4.85. The van der Waals surface area contributed by atoms with E-state index in [-0.39, 0.29) is 0 Å². The highest BCUT2D eigenvalue weighted by atomic mass is 19.1. The molecule has 1 heterocycles. The maximum atomic E-state index is 13.5. The van der Waals surface area contributed by atoms with Crippen LogP contribution in [0.25, 0.3) is 0 Å². The normalized spacial score (nSPS) is 17.4. The van der Waals surface area contributed by atoms with Crippen molar-refractivity contribution in [1.29, 1.82) is 0 Å². The quantitative estimate of drug-likeness (QED) is 0.828. The molecular formula is C12H19FN4. The summed E-state index contributed by atoms with van der Waals surface area (Å²) in [6, 6.07) is 0. The van der Waals surface area contributed by atoms with E-state index in [0.29, 0.717) is 17.2 Å².